The molecule has 0 aromatic heterocycles. The van der Waals surface area contributed by atoms with E-state index in [1.807, 2.05) is 30.3 Å². The van der Waals surface area contributed by atoms with Crippen molar-refractivity contribution in [3.63, 3.8) is 0 Å². The first-order valence-electron chi connectivity index (χ1n) is 8.47. The monoisotopic (exact) mass is 302 g/mol. The average molecular weight is 302 g/mol. The van der Waals surface area contributed by atoms with Crippen LogP contribution in [-0.2, 0) is 4.79 Å². The first kappa shape index (κ1) is 17.0. The number of carbonyl (C=O) groups is 1. The summed E-state index contributed by atoms with van der Waals surface area (Å²) in [4.78, 5) is 12.5. The zero-order chi connectivity index (χ0) is 16.3. The summed E-state index contributed by atoms with van der Waals surface area (Å²) in [6, 6.07) is 9.91. The van der Waals surface area contributed by atoms with Gasteiger partial charge in [0.05, 0.1) is 5.41 Å². The van der Waals surface area contributed by atoms with E-state index in [1.54, 1.807) is 0 Å². The molecule has 4 unspecified atom stereocenters. The maximum atomic E-state index is 12.5. The SMILES string of the molecule is CC1CCC(C(C)C)C(CC(N)c2ccccc2)(C(N)=O)C1. The number of rotatable bonds is 5. The third kappa shape index (κ3) is 3.35. The highest BCUT2D eigenvalue weighted by Crippen LogP contribution is 2.51. The summed E-state index contributed by atoms with van der Waals surface area (Å²) in [6.07, 6.45) is 3.77. The summed E-state index contributed by atoms with van der Waals surface area (Å²) in [5, 5.41) is 0. The van der Waals surface area contributed by atoms with Crippen LogP contribution >= 0.6 is 0 Å². The first-order valence-corrected chi connectivity index (χ1v) is 8.47. The van der Waals surface area contributed by atoms with Crippen molar-refractivity contribution >= 4 is 5.91 Å². The van der Waals surface area contributed by atoms with Crippen LogP contribution in [0.3, 0.4) is 0 Å². The molecule has 0 spiro atoms. The highest BCUT2D eigenvalue weighted by Gasteiger charge is 2.49. The quantitative estimate of drug-likeness (QED) is 0.872. The van der Waals surface area contributed by atoms with Gasteiger partial charge in [-0.25, -0.2) is 0 Å². The smallest absolute Gasteiger partial charge is 0.224 e. The third-order valence-electron chi connectivity index (χ3n) is 5.50. The van der Waals surface area contributed by atoms with Crippen molar-refractivity contribution < 1.29 is 4.79 Å². The van der Waals surface area contributed by atoms with Gasteiger partial charge in [0.1, 0.15) is 0 Å². The minimum atomic E-state index is -0.471. The summed E-state index contributed by atoms with van der Waals surface area (Å²) in [5.74, 6) is 1.15. The molecule has 1 aliphatic rings. The number of nitrogens with two attached hydrogens (primary N) is 2. The Hall–Kier alpha value is -1.35. The molecule has 1 saturated carbocycles. The molecule has 0 saturated heterocycles. The van der Waals surface area contributed by atoms with E-state index in [0.29, 0.717) is 24.2 Å². The second kappa shape index (κ2) is 6.82. The van der Waals surface area contributed by atoms with E-state index in [-0.39, 0.29) is 11.9 Å². The fourth-order valence-electron chi connectivity index (χ4n) is 4.42. The lowest BCUT2D eigenvalue weighted by Crippen LogP contribution is -2.50. The molecule has 122 valence electrons. The van der Waals surface area contributed by atoms with Gasteiger partial charge in [-0.3, -0.25) is 4.79 Å². The second-order valence-electron chi connectivity index (χ2n) is 7.48. The van der Waals surface area contributed by atoms with Crippen molar-refractivity contribution in [2.45, 2.75) is 52.5 Å². The van der Waals surface area contributed by atoms with Crippen LogP contribution in [0.1, 0.15) is 58.1 Å². The van der Waals surface area contributed by atoms with Gasteiger partial charge >= 0.3 is 0 Å². The Kier molecular flexibility index (Phi) is 5.28. The van der Waals surface area contributed by atoms with Gasteiger partial charge in [-0.1, -0.05) is 57.5 Å². The standard InChI is InChI=1S/C19H30N2O/c1-13(2)16-10-9-14(3)11-19(16,18(21)22)12-17(20)15-7-5-4-6-8-15/h4-8,13-14,16-17H,9-12,20H2,1-3H3,(H2,21,22). The predicted molar refractivity (Wildman–Crippen MR) is 91.0 cm³/mol. The topological polar surface area (TPSA) is 69.1 Å². The molecule has 1 aromatic rings. The number of primary amides is 1. The molecule has 0 radical (unpaired) electrons. The normalized spacial score (nSPS) is 30.2. The van der Waals surface area contributed by atoms with Crippen LogP contribution in [0.25, 0.3) is 0 Å². The molecule has 22 heavy (non-hydrogen) atoms. The van der Waals surface area contributed by atoms with Gasteiger partial charge in [-0.05, 0) is 42.6 Å². The number of hydrogen-bond acceptors (Lipinski definition) is 2. The van der Waals surface area contributed by atoms with Crippen LogP contribution in [0, 0.1) is 23.2 Å². The summed E-state index contributed by atoms with van der Waals surface area (Å²) in [5.41, 5.74) is 13.0. The van der Waals surface area contributed by atoms with Crippen LogP contribution < -0.4 is 11.5 Å². The molecule has 1 amide bonds. The molecular formula is C19H30N2O. The zero-order valence-corrected chi connectivity index (χ0v) is 14.1. The van der Waals surface area contributed by atoms with Gasteiger partial charge in [0.25, 0.3) is 0 Å². The first-order chi connectivity index (χ1) is 10.4. The summed E-state index contributed by atoms with van der Waals surface area (Å²) < 4.78 is 0. The molecule has 2 rings (SSSR count). The van der Waals surface area contributed by atoms with Crippen LogP contribution in [0.5, 0.6) is 0 Å². The molecule has 0 aliphatic heterocycles. The molecule has 4 atom stereocenters. The van der Waals surface area contributed by atoms with Crippen LogP contribution in [0.4, 0.5) is 0 Å². The Morgan fingerprint density at radius 3 is 2.45 bits per heavy atom. The van der Waals surface area contributed by atoms with E-state index in [9.17, 15) is 4.79 Å². The maximum Gasteiger partial charge on any atom is 0.224 e. The van der Waals surface area contributed by atoms with Crippen molar-refractivity contribution in [1.82, 2.24) is 0 Å². The number of amides is 1. The molecule has 0 bridgehead atoms. The Labute approximate surface area is 134 Å². The number of benzene rings is 1. The maximum absolute atomic E-state index is 12.5. The Balaban J connectivity index is 2.31. The second-order valence-corrected chi connectivity index (χ2v) is 7.48. The average Bonchev–Trinajstić information content (AvgIpc) is 2.47. The Morgan fingerprint density at radius 2 is 1.91 bits per heavy atom. The molecule has 3 nitrogen and oxygen atoms in total. The summed E-state index contributed by atoms with van der Waals surface area (Å²) in [7, 11) is 0. The van der Waals surface area contributed by atoms with Gasteiger partial charge in [0.2, 0.25) is 5.91 Å². The van der Waals surface area contributed by atoms with E-state index < -0.39 is 5.41 Å². The fourth-order valence-corrected chi connectivity index (χ4v) is 4.42. The molecule has 1 aliphatic carbocycles. The van der Waals surface area contributed by atoms with Gasteiger partial charge in [0, 0.05) is 6.04 Å². The fraction of sp³-hybridized carbons (Fsp3) is 0.632. The highest BCUT2D eigenvalue weighted by atomic mass is 16.1. The third-order valence-corrected chi connectivity index (χ3v) is 5.50. The van der Waals surface area contributed by atoms with Crippen LogP contribution in [0.2, 0.25) is 0 Å². The van der Waals surface area contributed by atoms with Crippen molar-refractivity contribution in [2.75, 3.05) is 0 Å². The lowest BCUT2D eigenvalue weighted by Gasteiger charge is -2.47. The summed E-state index contributed by atoms with van der Waals surface area (Å²) in [6.45, 7) is 6.63. The van der Waals surface area contributed by atoms with Crippen LogP contribution in [-0.4, -0.2) is 5.91 Å². The van der Waals surface area contributed by atoms with Gasteiger partial charge < -0.3 is 11.5 Å². The minimum Gasteiger partial charge on any atom is -0.369 e. The Morgan fingerprint density at radius 1 is 1.27 bits per heavy atom. The lowest BCUT2D eigenvalue weighted by atomic mass is 9.57. The van der Waals surface area contributed by atoms with E-state index in [0.717, 1.165) is 18.4 Å². The van der Waals surface area contributed by atoms with E-state index >= 15 is 0 Å². The molecule has 3 heteroatoms. The predicted octanol–water partition coefficient (Wildman–Crippen LogP) is 3.64. The van der Waals surface area contributed by atoms with Crippen molar-refractivity contribution in [3.05, 3.63) is 35.9 Å². The molecule has 4 N–H and O–H groups in total. The molecule has 1 fully saturated rings. The lowest BCUT2D eigenvalue weighted by molar-refractivity contribution is -0.137. The summed E-state index contributed by atoms with van der Waals surface area (Å²) >= 11 is 0. The number of hydrogen-bond donors (Lipinski definition) is 2. The largest absolute Gasteiger partial charge is 0.369 e. The van der Waals surface area contributed by atoms with Crippen molar-refractivity contribution in [2.24, 2.45) is 34.6 Å². The van der Waals surface area contributed by atoms with Gasteiger partial charge in [0.15, 0.2) is 0 Å². The van der Waals surface area contributed by atoms with E-state index in [1.165, 1.54) is 6.42 Å². The van der Waals surface area contributed by atoms with Gasteiger partial charge in [-0.15, -0.1) is 0 Å². The molecular weight excluding hydrogens is 272 g/mol. The van der Waals surface area contributed by atoms with Crippen LogP contribution in [0.15, 0.2) is 30.3 Å². The van der Waals surface area contributed by atoms with E-state index in [2.05, 4.69) is 20.8 Å². The molecule has 0 heterocycles. The minimum absolute atomic E-state index is 0.139. The van der Waals surface area contributed by atoms with Crippen molar-refractivity contribution in [3.8, 4) is 0 Å². The zero-order valence-electron chi connectivity index (χ0n) is 14.1. The van der Waals surface area contributed by atoms with E-state index in [4.69, 9.17) is 11.5 Å². The van der Waals surface area contributed by atoms with Gasteiger partial charge in [-0.2, -0.15) is 0 Å². The van der Waals surface area contributed by atoms with Crippen molar-refractivity contribution in [1.29, 1.82) is 0 Å². The highest BCUT2D eigenvalue weighted by molar-refractivity contribution is 5.81. The number of carbonyl (C=O) groups excluding carboxylic acids is 1. The Bertz CT molecular complexity index is 499. The molecule has 1 aromatic carbocycles.